The Morgan fingerprint density at radius 2 is 1.42 bits per heavy atom. The fourth-order valence-corrected chi connectivity index (χ4v) is 1.85. The van der Waals surface area contributed by atoms with Gasteiger partial charge in [0, 0.05) is 11.1 Å². The van der Waals surface area contributed by atoms with Crippen molar-refractivity contribution in [2.75, 3.05) is 0 Å². The van der Waals surface area contributed by atoms with Crippen molar-refractivity contribution >= 4 is 11.9 Å². The summed E-state index contributed by atoms with van der Waals surface area (Å²) in [7, 11) is 0. The highest BCUT2D eigenvalue weighted by Crippen LogP contribution is 2.25. The first-order chi connectivity index (χ1) is 8.88. The third-order valence-electron chi connectivity index (χ3n) is 3.24. The van der Waals surface area contributed by atoms with E-state index in [1.165, 1.54) is 32.1 Å². The molecular weight excluding hydrogens is 244 g/mol. The highest BCUT2D eigenvalue weighted by atomic mass is 16.4. The minimum Gasteiger partial charge on any atom is -0.478 e. The lowest BCUT2D eigenvalue weighted by Gasteiger charge is -2.18. The number of hydrogen-bond acceptors (Lipinski definition) is 2. The Balaban J connectivity index is 0.000000399. The number of allylic oxidation sites excluding steroid dienone is 2. The van der Waals surface area contributed by atoms with Crippen molar-refractivity contribution in [3.8, 4) is 0 Å². The zero-order valence-electron chi connectivity index (χ0n) is 12.0. The molecule has 4 nitrogen and oxygen atoms in total. The monoisotopic (exact) mass is 268 g/mol. The van der Waals surface area contributed by atoms with Crippen LogP contribution in [0.2, 0.25) is 0 Å². The number of hydrogen-bond donors (Lipinski definition) is 2. The average Bonchev–Trinajstić information content (AvgIpc) is 2.39. The molecule has 0 atom stereocenters. The largest absolute Gasteiger partial charge is 0.478 e. The minimum atomic E-state index is -0.845. The van der Waals surface area contributed by atoms with Crippen LogP contribution in [0.1, 0.15) is 52.9 Å². The van der Waals surface area contributed by atoms with Crippen LogP contribution in [0.3, 0.4) is 0 Å². The van der Waals surface area contributed by atoms with Crippen molar-refractivity contribution in [3.63, 3.8) is 0 Å². The van der Waals surface area contributed by atoms with Crippen LogP contribution in [0, 0.1) is 5.92 Å². The molecule has 1 saturated carbocycles. The van der Waals surface area contributed by atoms with Crippen LogP contribution in [0.5, 0.6) is 0 Å². The standard InChI is InChI=1S/C10H16O2.C5H8O2/c1-8(10(11)12)7-9-5-3-2-4-6-9;1-3-4(2)5(6)7/h7,9H,2-6H2,1H3,(H,11,12);3H,1-2H3,(H,6,7)/b8-7+;4-3+. The Bertz CT molecular complexity index is 360. The molecule has 2 N–H and O–H groups in total. The number of carboxylic acids is 2. The Hall–Kier alpha value is -1.58. The molecular formula is C15H24O4. The summed E-state index contributed by atoms with van der Waals surface area (Å²) in [6.07, 6.45) is 9.65. The number of carbonyl (C=O) groups is 2. The van der Waals surface area contributed by atoms with Crippen molar-refractivity contribution in [1.29, 1.82) is 0 Å². The quantitative estimate of drug-likeness (QED) is 0.766. The van der Waals surface area contributed by atoms with Gasteiger partial charge in [-0.05, 0) is 39.5 Å². The Labute approximate surface area is 114 Å². The summed E-state index contributed by atoms with van der Waals surface area (Å²) in [6.45, 7) is 4.93. The van der Waals surface area contributed by atoms with Crippen molar-refractivity contribution in [3.05, 3.63) is 23.3 Å². The fourth-order valence-electron chi connectivity index (χ4n) is 1.85. The topological polar surface area (TPSA) is 74.6 Å². The van der Waals surface area contributed by atoms with Gasteiger partial charge in [0.2, 0.25) is 0 Å². The van der Waals surface area contributed by atoms with Crippen LogP contribution >= 0.6 is 0 Å². The maximum absolute atomic E-state index is 10.5. The Morgan fingerprint density at radius 1 is 0.947 bits per heavy atom. The minimum absolute atomic E-state index is 0.389. The van der Waals surface area contributed by atoms with Crippen LogP contribution in [0.15, 0.2) is 23.3 Å². The van der Waals surface area contributed by atoms with Gasteiger partial charge in [-0.2, -0.15) is 0 Å². The van der Waals surface area contributed by atoms with E-state index in [9.17, 15) is 9.59 Å². The Kier molecular flexibility index (Phi) is 8.58. The van der Waals surface area contributed by atoms with Crippen LogP contribution in [0.25, 0.3) is 0 Å². The molecule has 0 aliphatic heterocycles. The SMILES string of the molecule is C/C(=C\C1CCCCC1)C(=O)O.C/C=C(\C)C(=O)O. The summed E-state index contributed by atoms with van der Waals surface area (Å²) < 4.78 is 0. The molecule has 0 amide bonds. The Morgan fingerprint density at radius 3 is 1.74 bits per heavy atom. The lowest BCUT2D eigenvalue weighted by atomic mass is 9.88. The second-order valence-corrected chi connectivity index (χ2v) is 4.83. The van der Waals surface area contributed by atoms with Gasteiger partial charge in [0.1, 0.15) is 0 Å². The van der Waals surface area contributed by atoms with E-state index >= 15 is 0 Å². The molecule has 0 spiro atoms. The molecule has 0 radical (unpaired) electrons. The third kappa shape index (κ3) is 8.19. The van der Waals surface area contributed by atoms with E-state index in [-0.39, 0.29) is 0 Å². The molecule has 4 heteroatoms. The predicted octanol–water partition coefficient (Wildman–Crippen LogP) is 3.63. The van der Waals surface area contributed by atoms with Gasteiger partial charge in [-0.15, -0.1) is 0 Å². The van der Waals surface area contributed by atoms with E-state index in [4.69, 9.17) is 10.2 Å². The van der Waals surface area contributed by atoms with Gasteiger partial charge in [0.05, 0.1) is 0 Å². The van der Waals surface area contributed by atoms with Crippen LogP contribution in [0.4, 0.5) is 0 Å². The molecule has 0 bridgehead atoms. The smallest absolute Gasteiger partial charge is 0.330 e. The summed E-state index contributed by atoms with van der Waals surface area (Å²) in [5.41, 5.74) is 0.891. The summed E-state index contributed by atoms with van der Waals surface area (Å²) >= 11 is 0. The van der Waals surface area contributed by atoms with Gasteiger partial charge in [-0.3, -0.25) is 0 Å². The zero-order valence-corrected chi connectivity index (χ0v) is 12.0. The van der Waals surface area contributed by atoms with Gasteiger partial charge in [0.15, 0.2) is 0 Å². The molecule has 1 rings (SSSR count). The number of aliphatic carboxylic acids is 2. The predicted molar refractivity (Wildman–Crippen MR) is 75.0 cm³/mol. The lowest BCUT2D eigenvalue weighted by molar-refractivity contribution is -0.133. The molecule has 0 unspecified atom stereocenters. The van der Waals surface area contributed by atoms with E-state index in [0.29, 0.717) is 17.1 Å². The molecule has 19 heavy (non-hydrogen) atoms. The summed E-state index contributed by atoms with van der Waals surface area (Å²) in [6, 6.07) is 0. The molecule has 1 aliphatic rings. The molecule has 0 aromatic rings. The number of rotatable bonds is 3. The fraction of sp³-hybridized carbons (Fsp3) is 0.600. The van der Waals surface area contributed by atoms with Gasteiger partial charge < -0.3 is 10.2 Å². The van der Waals surface area contributed by atoms with Crippen LogP contribution in [-0.2, 0) is 9.59 Å². The van der Waals surface area contributed by atoms with Crippen molar-refractivity contribution < 1.29 is 19.8 Å². The van der Waals surface area contributed by atoms with Gasteiger partial charge >= 0.3 is 11.9 Å². The molecule has 1 fully saturated rings. The van der Waals surface area contributed by atoms with Gasteiger partial charge in [-0.1, -0.05) is 31.4 Å². The molecule has 0 aromatic heterocycles. The summed E-state index contributed by atoms with van der Waals surface area (Å²) in [5.74, 6) is -1.10. The van der Waals surface area contributed by atoms with E-state index in [1.807, 2.05) is 6.08 Å². The summed E-state index contributed by atoms with van der Waals surface area (Å²) in [5, 5.41) is 16.8. The van der Waals surface area contributed by atoms with E-state index in [1.54, 1.807) is 26.8 Å². The van der Waals surface area contributed by atoms with Crippen molar-refractivity contribution in [2.24, 2.45) is 5.92 Å². The average molecular weight is 268 g/mol. The highest BCUT2D eigenvalue weighted by Gasteiger charge is 2.12. The lowest BCUT2D eigenvalue weighted by Crippen LogP contribution is -2.06. The maximum Gasteiger partial charge on any atom is 0.330 e. The van der Waals surface area contributed by atoms with Crippen molar-refractivity contribution in [2.45, 2.75) is 52.9 Å². The van der Waals surface area contributed by atoms with Crippen molar-refractivity contribution in [1.82, 2.24) is 0 Å². The van der Waals surface area contributed by atoms with E-state index in [2.05, 4.69) is 0 Å². The van der Waals surface area contributed by atoms with E-state index in [0.717, 1.165) is 0 Å². The number of carboxylic acid groups (broad SMARTS) is 2. The second kappa shape index (κ2) is 9.36. The van der Waals surface area contributed by atoms with Crippen LogP contribution < -0.4 is 0 Å². The first kappa shape index (κ1) is 17.4. The zero-order chi connectivity index (χ0) is 14.8. The van der Waals surface area contributed by atoms with Gasteiger partial charge in [0.25, 0.3) is 0 Å². The first-order valence-electron chi connectivity index (χ1n) is 6.66. The maximum atomic E-state index is 10.5. The van der Waals surface area contributed by atoms with E-state index < -0.39 is 11.9 Å². The first-order valence-corrected chi connectivity index (χ1v) is 6.66. The summed E-state index contributed by atoms with van der Waals surface area (Å²) in [4.78, 5) is 20.4. The molecule has 0 saturated heterocycles. The van der Waals surface area contributed by atoms with Gasteiger partial charge in [-0.25, -0.2) is 9.59 Å². The third-order valence-corrected chi connectivity index (χ3v) is 3.24. The normalized spacial score (nSPS) is 17.4. The molecule has 108 valence electrons. The molecule has 0 aromatic carbocycles. The van der Waals surface area contributed by atoms with Crippen LogP contribution in [-0.4, -0.2) is 22.2 Å². The molecule has 1 aliphatic carbocycles. The second-order valence-electron chi connectivity index (χ2n) is 4.83. The highest BCUT2D eigenvalue weighted by molar-refractivity contribution is 5.86. The molecule has 0 heterocycles.